The number of carboxylic acid groups (broad SMARTS) is 1. The number of fused-ring (bicyclic) bond motifs is 1. The van der Waals surface area contributed by atoms with Crippen molar-refractivity contribution in [2.75, 3.05) is 13.2 Å². The van der Waals surface area contributed by atoms with E-state index >= 15 is 0 Å². The molecule has 1 aromatic rings. The predicted octanol–water partition coefficient (Wildman–Crippen LogP) is 2.40. The van der Waals surface area contributed by atoms with Crippen LogP contribution in [-0.4, -0.2) is 30.3 Å². The summed E-state index contributed by atoms with van der Waals surface area (Å²) in [6.07, 6.45) is 2.47. The van der Waals surface area contributed by atoms with E-state index in [0.717, 1.165) is 18.6 Å². The summed E-state index contributed by atoms with van der Waals surface area (Å²) < 4.78 is 5.61. The highest BCUT2D eigenvalue weighted by atomic mass is 16.5. The Morgan fingerprint density at radius 2 is 2.32 bits per heavy atom. The second-order valence-electron chi connectivity index (χ2n) is 4.96. The molecule has 0 fully saturated rings. The minimum absolute atomic E-state index is 0.337. The number of nitrogens with one attached hydrogen (secondary N) is 1. The molecule has 2 N–H and O–H groups in total. The lowest BCUT2D eigenvalue weighted by Gasteiger charge is -2.27. The number of para-hydroxylation sites is 1. The zero-order valence-corrected chi connectivity index (χ0v) is 11.3. The first-order chi connectivity index (χ1) is 9.22. The van der Waals surface area contributed by atoms with Crippen LogP contribution in [0.5, 0.6) is 5.75 Å². The lowest BCUT2D eigenvalue weighted by molar-refractivity contribution is -0.139. The van der Waals surface area contributed by atoms with Gasteiger partial charge in [-0.2, -0.15) is 0 Å². The minimum Gasteiger partial charge on any atom is -0.493 e. The summed E-state index contributed by atoms with van der Waals surface area (Å²) in [5, 5.41) is 12.3. The van der Waals surface area contributed by atoms with Crippen LogP contribution in [0.3, 0.4) is 0 Å². The van der Waals surface area contributed by atoms with Crippen molar-refractivity contribution in [2.24, 2.45) is 0 Å². The van der Waals surface area contributed by atoms with E-state index in [4.69, 9.17) is 9.84 Å². The number of hydrogen-bond donors (Lipinski definition) is 2. The molecule has 0 saturated carbocycles. The molecule has 1 aliphatic rings. The van der Waals surface area contributed by atoms with E-state index < -0.39 is 12.0 Å². The van der Waals surface area contributed by atoms with Gasteiger partial charge in [-0.25, -0.2) is 0 Å². The first-order valence-corrected chi connectivity index (χ1v) is 6.90. The third-order valence-electron chi connectivity index (χ3n) is 3.57. The standard InChI is InChI=1S/C15H21NO3/c1-2-5-13(15(17)18)16-10-11-8-9-19-14-7-4-3-6-12(11)14/h3-4,6-7,11,13,16H,2,5,8-10H2,1H3,(H,17,18). The molecule has 2 rings (SSSR count). The SMILES string of the molecule is CCCC(NCC1CCOc2ccccc21)C(=O)O. The maximum atomic E-state index is 11.1. The van der Waals surface area contributed by atoms with Crippen LogP contribution in [-0.2, 0) is 4.79 Å². The van der Waals surface area contributed by atoms with E-state index in [1.807, 2.05) is 25.1 Å². The molecule has 0 aliphatic carbocycles. The Labute approximate surface area is 113 Å². The van der Waals surface area contributed by atoms with E-state index in [1.165, 1.54) is 5.56 Å². The van der Waals surface area contributed by atoms with Crippen LogP contribution in [0.4, 0.5) is 0 Å². The molecule has 4 nitrogen and oxygen atoms in total. The highest BCUT2D eigenvalue weighted by Crippen LogP contribution is 2.32. The number of benzene rings is 1. The third kappa shape index (κ3) is 3.47. The van der Waals surface area contributed by atoms with Gasteiger partial charge in [0.1, 0.15) is 11.8 Å². The summed E-state index contributed by atoms with van der Waals surface area (Å²) in [5.74, 6) is 0.508. The Balaban J connectivity index is 1.98. The number of hydrogen-bond acceptors (Lipinski definition) is 3. The largest absolute Gasteiger partial charge is 0.493 e. The smallest absolute Gasteiger partial charge is 0.320 e. The third-order valence-corrected chi connectivity index (χ3v) is 3.57. The van der Waals surface area contributed by atoms with Crippen molar-refractivity contribution >= 4 is 5.97 Å². The molecule has 0 aromatic heterocycles. The van der Waals surface area contributed by atoms with E-state index in [-0.39, 0.29) is 0 Å². The zero-order chi connectivity index (χ0) is 13.7. The summed E-state index contributed by atoms with van der Waals surface area (Å²) in [6.45, 7) is 3.40. The molecule has 1 aliphatic heterocycles. The molecular formula is C15H21NO3. The molecule has 1 heterocycles. The first-order valence-electron chi connectivity index (χ1n) is 6.90. The number of ether oxygens (including phenoxy) is 1. The van der Waals surface area contributed by atoms with Gasteiger partial charge in [0.2, 0.25) is 0 Å². The van der Waals surface area contributed by atoms with Crippen molar-refractivity contribution in [3.05, 3.63) is 29.8 Å². The van der Waals surface area contributed by atoms with Gasteiger partial charge in [0, 0.05) is 12.5 Å². The van der Waals surface area contributed by atoms with Crippen molar-refractivity contribution in [1.29, 1.82) is 0 Å². The lowest BCUT2D eigenvalue weighted by atomic mass is 9.93. The molecule has 104 valence electrons. The van der Waals surface area contributed by atoms with Crippen molar-refractivity contribution in [1.82, 2.24) is 5.32 Å². The molecule has 2 unspecified atom stereocenters. The average molecular weight is 263 g/mol. The van der Waals surface area contributed by atoms with Gasteiger partial charge in [-0.15, -0.1) is 0 Å². The molecule has 2 atom stereocenters. The summed E-state index contributed by atoms with van der Waals surface area (Å²) in [7, 11) is 0. The Morgan fingerprint density at radius 1 is 1.53 bits per heavy atom. The summed E-state index contributed by atoms with van der Waals surface area (Å²) >= 11 is 0. The molecule has 0 bridgehead atoms. The first kappa shape index (κ1) is 13.9. The maximum Gasteiger partial charge on any atom is 0.320 e. The Hall–Kier alpha value is -1.55. The van der Waals surface area contributed by atoms with Gasteiger partial charge in [-0.3, -0.25) is 4.79 Å². The van der Waals surface area contributed by atoms with E-state index in [9.17, 15) is 4.79 Å². The molecular weight excluding hydrogens is 242 g/mol. The molecule has 0 spiro atoms. The minimum atomic E-state index is -0.762. The average Bonchev–Trinajstić information content (AvgIpc) is 2.43. The van der Waals surface area contributed by atoms with Crippen LogP contribution in [0.2, 0.25) is 0 Å². The van der Waals surface area contributed by atoms with Crippen LogP contribution in [0, 0.1) is 0 Å². The number of rotatable bonds is 6. The maximum absolute atomic E-state index is 11.1. The normalized spacial score (nSPS) is 19.3. The zero-order valence-electron chi connectivity index (χ0n) is 11.3. The molecule has 0 saturated heterocycles. The highest BCUT2D eigenvalue weighted by molar-refractivity contribution is 5.73. The molecule has 0 radical (unpaired) electrons. The second-order valence-corrected chi connectivity index (χ2v) is 4.96. The Morgan fingerprint density at radius 3 is 3.05 bits per heavy atom. The number of carboxylic acids is 1. The molecule has 0 amide bonds. The summed E-state index contributed by atoms with van der Waals surface area (Å²) in [5.41, 5.74) is 1.18. The fourth-order valence-corrected chi connectivity index (χ4v) is 2.51. The topological polar surface area (TPSA) is 58.6 Å². The van der Waals surface area contributed by atoms with Crippen LogP contribution < -0.4 is 10.1 Å². The Kier molecular flexibility index (Phi) is 4.80. The summed E-state index contributed by atoms with van der Waals surface area (Å²) in [4.78, 5) is 11.1. The van der Waals surface area contributed by atoms with Crippen molar-refractivity contribution < 1.29 is 14.6 Å². The van der Waals surface area contributed by atoms with Crippen molar-refractivity contribution in [2.45, 2.75) is 38.1 Å². The molecule has 4 heteroatoms. The van der Waals surface area contributed by atoms with Crippen LogP contribution in [0.15, 0.2) is 24.3 Å². The monoisotopic (exact) mass is 263 g/mol. The van der Waals surface area contributed by atoms with Gasteiger partial charge in [-0.1, -0.05) is 31.5 Å². The van der Waals surface area contributed by atoms with Crippen molar-refractivity contribution in [3.63, 3.8) is 0 Å². The van der Waals surface area contributed by atoms with Crippen LogP contribution in [0.25, 0.3) is 0 Å². The van der Waals surface area contributed by atoms with Gasteiger partial charge in [0.15, 0.2) is 0 Å². The Bertz CT molecular complexity index is 433. The van der Waals surface area contributed by atoms with E-state index in [0.29, 0.717) is 25.5 Å². The van der Waals surface area contributed by atoms with E-state index in [2.05, 4.69) is 11.4 Å². The second kappa shape index (κ2) is 6.57. The van der Waals surface area contributed by atoms with Crippen LogP contribution in [0.1, 0.15) is 37.7 Å². The quantitative estimate of drug-likeness (QED) is 0.827. The fourth-order valence-electron chi connectivity index (χ4n) is 2.51. The highest BCUT2D eigenvalue weighted by Gasteiger charge is 2.23. The van der Waals surface area contributed by atoms with Crippen molar-refractivity contribution in [3.8, 4) is 5.75 Å². The molecule has 19 heavy (non-hydrogen) atoms. The van der Waals surface area contributed by atoms with Gasteiger partial charge in [-0.05, 0) is 24.5 Å². The summed E-state index contributed by atoms with van der Waals surface area (Å²) in [6, 6.07) is 7.56. The number of aliphatic carboxylic acids is 1. The van der Waals surface area contributed by atoms with Gasteiger partial charge >= 0.3 is 5.97 Å². The number of carbonyl (C=O) groups is 1. The van der Waals surface area contributed by atoms with Gasteiger partial charge in [0.25, 0.3) is 0 Å². The lowest BCUT2D eigenvalue weighted by Crippen LogP contribution is -2.39. The van der Waals surface area contributed by atoms with Gasteiger partial charge < -0.3 is 15.2 Å². The van der Waals surface area contributed by atoms with Crippen LogP contribution >= 0.6 is 0 Å². The van der Waals surface area contributed by atoms with Gasteiger partial charge in [0.05, 0.1) is 6.61 Å². The fraction of sp³-hybridized carbons (Fsp3) is 0.533. The predicted molar refractivity (Wildman–Crippen MR) is 73.6 cm³/mol. The van der Waals surface area contributed by atoms with E-state index in [1.54, 1.807) is 0 Å². The molecule has 1 aromatic carbocycles.